The highest BCUT2D eigenvalue weighted by molar-refractivity contribution is 7.80. The van der Waals surface area contributed by atoms with Crippen LogP contribution < -0.4 is 10.6 Å². The lowest BCUT2D eigenvalue weighted by molar-refractivity contribution is 0.0254. The Morgan fingerprint density at radius 3 is 3.00 bits per heavy atom. The second-order valence-corrected chi connectivity index (χ2v) is 5.57. The normalized spacial score (nSPS) is 26.3. The summed E-state index contributed by atoms with van der Waals surface area (Å²) >= 11 is 4.87. The molecule has 2 fully saturated rings. The number of anilines is 1. The van der Waals surface area contributed by atoms with Crippen molar-refractivity contribution < 1.29 is 9.13 Å². The minimum Gasteiger partial charge on any atom is -0.389 e. The van der Waals surface area contributed by atoms with Gasteiger partial charge in [-0.3, -0.25) is 0 Å². The minimum atomic E-state index is -0.252. The summed E-state index contributed by atoms with van der Waals surface area (Å²) in [6, 6.07) is 5.31. The number of halogens is 1. The molecule has 2 N–H and O–H groups in total. The fourth-order valence-corrected chi connectivity index (χ4v) is 3.24. The number of fused-ring (bicyclic) bond motifs is 1. The van der Waals surface area contributed by atoms with Crippen LogP contribution in [0.2, 0.25) is 0 Å². The molecule has 0 radical (unpaired) electrons. The second-order valence-electron chi connectivity index (χ2n) is 5.13. The smallest absolute Gasteiger partial charge is 0.147 e. The molecule has 1 saturated carbocycles. The Hall–Kier alpha value is -1.20. The summed E-state index contributed by atoms with van der Waals surface area (Å²) < 4.78 is 20.0. The van der Waals surface area contributed by atoms with E-state index in [0.717, 1.165) is 25.8 Å². The third-order valence-corrected chi connectivity index (χ3v) is 4.26. The van der Waals surface area contributed by atoms with E-state index in [1.165, 1.54) is 6.07 Å². The van der Waals surface area contributed by atoms with E-state index >= 15 is 0 Å². The largest absolute Gasteiger partial charge is 0.389 e. The number of hydrogen-bond donors (Lipinski definition) is 1. The molecule has 0 spiro atoms. The van der Waals surface area contributed by atoms with Crippen molar-refractivity contribution in [2.45, 2.75) is 31.4 Å². The van der Waals surface area contributed by atoms with Crippen molar-refractivity contribution in [1.29, 1.82) is 0 Å². The average Bonchev–Trinajstić information content (AvgIpc) is 2.86. The van der Waals surface area contributed by atoms with Gasteiger partial charge in [0.25, 0.3) is 0 Å². The van der Waals surface area contributed by atoms with Gasteiger partial charge in [-0.1, -0.05) is 12.2 Å². The van der Waals surface area contributed by atoms with Gasteiger partial charge in [-0.15, -0.1) is 0 Å². The van der Waals surface area contributed by atoms with Crippen LogP contribution in [0.4, 0.5) is 10.1 Å². The van der Waals surface area contributed by atoms with E-state index < -0.39 is 0 Å². The van der Waals surface area contributed by atoms with Crippen LogP contribution in [0, 0.1) is 5.82 Å². The van der Waals surface area contributed by atoms with Crippen molar-refractivity contribution in [2.24, 2.45) is 5.73 Å². The van der Waals surface area contributed by atoms with Gasteiger partial charge in [-0.25, -0.2) is 4.39 Å². The molecule has 1 saturated heterocycles. The zero-order valence-corrected chi connectivity index (χ0v) is 11.5. The highest BCUT2D eigenvalue weighted by Crippen LogP contribution is 2.34. The summed E-state index contributed by atoms with van der Waals surface area (Å²) in [6.07, 6.45) is 3.55. The van der Waals surface area contributed by atoms with Gasteiger partial charge in [-0.2, -0.15) is 0 Å². The molecule has 3 rings (SSSR count). The summed E-state index contributed by atoms with van der Waals surface area (Å²) in [7, 11) is 0. The Kier molecular flexibility index (Phi) is 3.41. The maximum Gasteiger partial charge on any atom is 0.147 e. The van der Waals surface area contributed by atoms with Crippen molar-refractivity contribution in [3.05, 3.63) is 29.6 Å². The number of nitrogens with two attached hydrogens (primary N) is 1. The van der Waals surface area contributed by atoms with Crippen molar-refractivity contribution in [3.63, 3.8) is 0 Å². The molecule has 19 heavy (non-hydrogen) atoms. The molecule has 2 atom stereocenters. The maximum absolute atomic E-state index is 14.3. The molecule has 1 heterocycles. The molecular formula is C14H17FN2OS. The third-order valence-electron chi connectivity index (χ3n) is 4.02. The molecule has 1 aromatic carbocycles. The number of benzene rings is 1. The van der Waals surface area contributed by atoms with Crippen LogP contribution in [0.25, 0.3) is 0 Å². The van der Waals surface area contributed by atoms with Crippen molar-refractivity contribution in [1.82, 2.24) is 0 Å². The van der Waals surface area contributed by atoms with E-state index in [9.17, 15) is 4.39 Å². The molecule has 3 nitrogen and oxygen atoms in total. The predicted octanol–water partition coefficient (Wildman–Crippen LogP) is 2.22. The van der Waals surface area contributed by atoms with Gasteiger partial charge >= 0.3 is 0 Å². The molecule has 102 valence electrons. The number of rotatable bonds is 2. The van der Waals surface area contributed by atoms with E-state index in [1.54, 1.807) is 12.1 Å². The lowest BCUT2D eigenvalue weighted by Gasteiger charge is -2.39. The zero-order valence-electron chi connectivity index (χ0n) is 10.6. The molecule has 1 aliphatic carbocycles. The van der Waals surface area contributed by atoms with Gasteiger partial charge in [0.1, 0.15) is 10.8 Å². The van der Waals surface area contributed by atoms with E-state index in [0.29, 0.717) is 23.9 Å². The lowest BCUT2D eigenvalue weighted by Crippen LogP contribution is -2.49. The quantitative estimate of drug-likeness (QED) is 0.843. The van der Waals surface area contributed by atoms with Gasteiger partial charge < -0.3 is 15.4 Å². The zero-order chi connectivity index (χ0) is 13.4. The van der Waals surface area contributed by atoms with Crippen molar-refractivity contribution in [3.8, 4) is 0 Å². The Morgan fingerprint density at radius 2 is 2.26 bits per heavy atom. The topological polar surface area (TPSA) is 38.5 Å². The Labute approximate surface area is 117 Å². The Bertz CT molecular complexity index is 508. The molecular weight excluding hydrogens is 263 g/mol. The van der Waals surface area contributed by atoms with Crippen LogP contribution in [0.1, 0.15) is 24.8 Å². The number of thiocarbonyl (C=S) groups is 1. The van der Waals surface area contributed by atoms with Crippen LogP contribution in [0.3, 0.4) is 0 Å². The molecule has 2 unspecified atom stereocenters. The molecule has 0 aromatic heterocycles. The SMILES string of the molecule is NC(=S)c1ccc(N2CCOC3CCCC32)c(F)c1. The van der Waals surface area contributed by atoms with E-state index in [2.05, 4.69) is 4.90 Å². The fourth-order valence-electron chi connectivity index (χ4n) is 3.12. The summed E-state index contributed by atoms with van der Waals surface area (Å²) in [4.78, 5) is 2.37. The minimum absolute atomic E-state index is 0.228. The highest BCUT2D eigenvalue weighted by atomic mass is 32.1. The first kappa shape index (κ1) is 12.8. The number of morpholine rings is 1. The maximum atomic E-state index is 14.3. The number of ether oxygens (including phenoxy) is 1. The molecule has 5 heteroatoms. The summed E-state index contributed by atoms with van der Waals surface area (Å²) in [5.74, 6) is -0.252. The van der Waals surface area contributed by atoms with Crippen LogP contribution in [0.15, 0.2) is 18.2 Å². The Morgan fingerprint density at radius 1 is 1.42 bits per heavy atom. The predicted molar refractivity (Wildman–Crippen MR) is 77.0 cm³/mol. The van der Waals surface area contributed by atoms with E-state index in [4.69, 9.17) is 22.7 Å². The summed E-state index contributed by atoms with van der Waals surface area (Å²) in [6.45, 7) is 1.40. The van der Waals surface area contributed by atoms with Gasteiger partial charge in [0.2, 0.25) is 0 Å². The van der Waals surface area contributed by atoms with Gasteiger partial charge in [0, 0.05) is 12.1 Å². The highest BCUT2D eigenvalue weighted by Gasteiger charge is 2.36. The molecule has 0 amide bonds. The molecule has 2 aliphatic rings. The van der Waals surface area contributed by atoms with Crippen LogP contribution in [0.5, 0.6) is 0 Å². The van der Waals surface area contributed by atoms with E-state index in [1.807, 2.05) is 0 Å². The first-order valence-electron chi connectivity index (χ1n) is 6.64. The number of nitrogens with zero attached hydrogens (tertiary/aromatic N) is 1. The first-order valence-corrected chi connectivity index (χ1v) is 7.05. The molecule has 1 aromatic rings. The fraction of sp³-hybridized carbons (Fsp3) is 0.500. The molecule has 1 aliphatic heterocycles. The van der Waals surface area contributed by atoms with Crippen molar-refractivity contribution >= 4 is 22.9 Å². The van der Waals surface area contributed by atoms with Crippen LogP contribution in [-0.2, 0) is 4.74 Å². The Balaban J connectivity index is 1.90. The monoisotopic (exact) mass is 280 g/mol. The first-order chi connectivity index (χ1) is 9.16. The van der Waals surface area contributed by atoms with Crippen LogP contribution in [-0.4, -0.2) is 30.3 Å². The van der Waals surface area contributed by atoms with E-state index in [-0.39, 0.29) is 16.9 Å². The van der Waals surface area contributed by atoms with Gasteiger partial charge in [0.05, 0.1) is 24.4 Å². The van der Waals surface area contributed by atoms with Gasteiger partial charge in [0.15, 0.2) is 0 Å². The second kappa shape index (κ2) is 5.06. The third kappa shape index (κ3) is 2.32. The average molecular weight is 280 g/mol. The van der Waals surface area contributed by atoms with Gasteiger partial charge in [-0.05, 0) is 37.5 Å². The van der Waals surface area contributed by atoms with Crippen molar-refractivity contribution in [2.75, 3.05) is 18.1 Å². The summed E-state index contributed by atoms with van der Waals surface area (Å²) in [5, 5.41) is 0. The lowest BCUT2D eigenvalue weighted by atomic mass is 10.1. The van der Waals surface area contributed by atoms with Crippen LogP contribution >= 0.6 is 12.2 Å². The molecule has 0 bridgehead atoms. The standard InChI is InChI=1S/C14H17FN2OS/c15-10-8-9(14(16)19)4-5-11(10)17-6-7-18-13-3-1-2-12(13)17/h4-5,8,12-13H,1-3,6-7H2,(H2,16,19). The number of hydrogen-bond acceptors (Lipinski definition) is 3. The summed E-state index contributed by atoms with van der Waals surface area (Å²) in [5.41, 5.74) is 6.74.